The number of ketones is 1. The Morgan fingerprint density at radius 1 is 1.38 bits per heavy atom. The number of nitrogens with zero attached hydrogens (tertiary/aromatic N) is 2. The van der Waals surface area contributed by atoms with Gasteiger partial charge >= 0.3 is 0 Å². The van der Waals surface area contributed by atoms with Gasteiger partial charge in [-0.2, -0.15) is 0 Å². The monoisotopic (exact) mass is 236 g/mol. The fourth-order valence-corrected chi connectivity index (χ4v) is 1.54. The predicted octanol–water partition coefficient (Wildman–Crippen LogP) is 1.91. The molecule has 2 rings (SSSR count). The van der Waals surface area contributed by atoms with Gasteiger partial charge in [0.1, 0.15) is 5.15 Å². The molecule has 0 spiro atoms. The number of carbonyl (C=O) groups is 1. The summed E-state index contributed by atoms with van der Waals surface area (Å²) in [4.78, 5) is 15.6. The molecule has 1 unspecified atom stereocenters. The van der Waals surface area contributed by atoms with Crippen LogP contribution in [-0.4, -0.2) is 20.4 Å². The van der Waals surface area contributed by atoms with Crippen molar-refractivity contribution >= 4 is 17.4 Å². The van der Waals surface area contributed by atoms with Gasteiger partial charge in [0.15, 0.2) is 6.23 Å². The normalized spacial score (nSPS) is 12.4. The second-order valence-electron chi connectivity index (χ2n) is 3.23. The molecule has 0 saturated carbocycles. The summed E-state index contributed by atoms with van der Waals surface area (Å²) in [6, 6.07) is 8.53. The molecule has 0 aliphatic heterocycles. The molecule has 16 heavy (non-hydrogen) atoms. The number of hydrogen-bond acceptors (Lipinski definition) is 3. The van der Waals surface area contributed by atoms with Crippen molar-refractivity contribution in [3.05, 3.63) is 53.6 Å². The predicted molar refractivity (Wildman–Crippen MR) is 59.3 cm³/mol. The lowest BCUT2D eigenvalue weighted by Gasteiger charge is -2.11. The second-order valence-corrected chi connectivity index (χ2v) is 3.61. The molecule has 82 valence electrons. The van der Waals surface area contributed by atoms with Crippen LogP contribution in [0.15, 0.2) is 42.9 Å². The fourth-order valence-electron chi connectivity index (χ4n) is 1.35. The largest absolute Gasteiger partial charge is 0.366 e. The average molecular weight is 237 g/mol. The average Bonchev–Trinajstić information content (AvgIpc) is 2.75. The Hall–Kier alpha value is -1.65. The third kappa shape index (κ3) is 1.98. The van der Waals surface area contributed by atoms with E-state index in [4.69, 9.17) is 11.6 Å². The molecule has 1 aromatic heterocycles. The van der Waals surface area contributed by atoms with Gasteiger partial charge < -0.3 is 5.11 Å². The van der Waals surface area contributed by atoms with Crippen LogP contribution in [0.5, 0.6) is 0 Å². The van der Waals surface area contributed by atoms with Crippen molar-refractivity contribution in [3.63, 3.8) is 0 Å². The van der Waals surface area contributed by atoms with E-state index in [9.17, 15) is 9.90 Å². The summed E-state index contributed by atoms with van der Waals surface area (Å²) in [7, 11) is 0. The maximum atomic E-state index is 11.8. The highest BCUT2D eigenvalue weighted by Crippen LogP contribution is 2.17. The van der Waals surface area contributed by atoms with Gasteiger partial charge in [0.2, 0.25) is 5.78 Å². The molecule has 0 bridgehead atoms. The Labute approximate surface area is 97.1 Å². The van der Waals surface area contributed by atoms with Gasteiger partial charge in [0, 0.05) is 5.56 Å². The zero-order valence-corrected chi connectivity index (χ0v) is 9.00. The topological polar surface area (TPSA) is 55.1 Å². The van der Waals surface area contributed by atoms with Gasteiger partial charge in [-0.1, -0.05) is 41.9 Å². The molecule has 1 heterocycles. The first-order valence-corrected chi connectivity index (χ1v) is 5.02. The Balaban J connectivity index is 2.27. The van der Waals surface area contributed by atoms with E-state index >= 15 is 0 Å². The highest BCUT2D eigenvalue weighted by atomic mass is 35.5. The van der Waals surface area contributed by atoms with E-state index in [0.29, 0.717) is 5.56 Å². The number of benzene rings is 1. The van der Waals surface area contributed by atoms with E-state index < -0.39 is 12.0 Å². The smallest absolute Gasteiger partial charge is 0.212 e. The van der Waals surface area contributed by atoms with Crippen LogP contribution >= 0.6 is 11.6 Å². The van der Waals surface area contributed by atoms with Crippen molar-refractivity contribution in [3.8, 4) is 0 Å². The molecule has 2 aromatic rings. The lowest BCUT2D eigenvalue weighted by atomic mass is 10.1. The van der Waals surface area contributed by atoms with Gasteiger partial charge in [0.05, 0.1) is 12.5 Å². The number of imidazole rings is 1. The van der Waals surface area contributed by atoms with Crippen LogP contribution in [-0.2, 0) is 0 Å². The SMILES string of the molecule is O=C(c1ccccc1)C(O)n1cncc1Cl. The molecule has 4 nitrogen and oxygen atoms in total. The number of aliphatic hydroxyl groups is 1. The fraction of sp³-hybridized carbons (Fsp3) is 0.0909. The quantitative estimate of drug-likeness (QED) is 0.829. The zero-order valence-electron chi connectivity index (χ0n) is 8.25. The second kappa shape index (κ2) is 4.47. The lowest BCUT2D eigenvalue weighted by Crippen LogP contribution is -2.18. The van der Waals surface area contributed by atoms with Gasteiger partial charge in [-0.3, -0.25) is 9.36 Å². The maximum absolute atomic E-state index is 11.8. The zero-order chi connectivity index (χ0) is 11.5. The molecule has 1 aromatic carbocycles. The first-order chi connectivity index (χ1) is 7.70. The molecule has 1 N–H and O–H groups in total. The minimum absolute atomic E-state index is 0.219. The van der Waals surface area contributed by atoms with E-state index in [2.05, 4.69) is 4.98 Å². The van der Waals surface area contributed by atoms with Gasteiger partial charge in [0.25, 0.3) is 0 Å². The number of rotatable bonds is 3. The van der Waals surface area contributed by atoms with Crippen molar-refractivity contribution < 1.29 is 9.90 Å². The molecule has 0 fully saturated rings. The number of Topliss-reactive ketones (excluding diaryl/α,β-unsaturated/α-hetero) is 1. The Morgan fingerprint density at radius 3 is 2.62 bits per heavy atom. The lowest BCUT2D eigenvalue weighted by molar-refractivity contribution is 0.0575. The number of carbonyl (C=O) groups excluding carboxylic acids is 1. The van der Waals surface area contributed by atoms with Crippen molar-refractivity contribution in [1.82, 2.24) is 9.55 Å². The molecule has 0 aliphatic rings. The molecular weight excluding hydrogens is 228 g/mol. The minimum Gasteiger partial charge on any atom is -0.366 e. The van der Waals surface area contributed by atoms with Crippen LogP contribution in [0.2, 0.25) is 5.15 Å². The first kappa shape index (κ1) is 10.9. The van der Waals surface area contributed by atoms with E-state index in [-0.39, 0.29) is 5.15 Å². The van der Waals surface area contributed by atoms with E-state index in [1.165, 1.54) is 17.1 Å². The number of aromatic nitrogens is 2. The summed E-state index contributed by atoms with van der Waals surface area (Å²) in [5.74, 6) is -0.416. The third-order valence-electron chi connectivity index (χ3n) is 2.18. The molecular formula is C11H9ClN2O2. The van der Waals surface area contributed by atoms with Crippen LogP contribution in [0.1, 0.15) is 16.6 Å². The van der Waals surface area contributed by atoms with Crippen LogP contribution in [0.3, 0.4) is 0 Å². The van der Waals surface area contributed by atoms with Crippen LogP contribution in [0, 0.1) is 0 Å². The highest BCUT2D eigenvalue weighted by Gasteiger charge is 2.20. The molecule has 5 heteroatoms. The van der Waals surface area contributed by atoms with Crippen LogP contribution < -0.4 is 0 Å². The van der Waals surface area contributed by atoms with Crippen molar-refractivity contribution in [2.24, 2.45) is 0 Å². The van der Waals surface area contributed by atoms with Gasteiger partial charge in [-0.15, -0.1) is 0 Å². The van der Waals surface area contributed by atoms with E-state index in [0.717, 1.165) is 0 Å². The molecule has 0 saturated heterocycles. The maximum Gasteiger partial charge on any atom is 0.212 e. The highest BCUT2D eigenvalue weighted by molar-refractivity contribution is 6.29. The Kier molecular flexibility index (Phi) is 3.03. The summed E-state index contributed by atoms with van der Waals surface area (Å²) in [6.07, 6.45) is 1.34. The Morgan fingerprint density at radius 2 is 2.06 bits per heavy atom. The van der Waals surface area contributed by atoms with Crippen molar-refractivity contribution in [1.29, 1.82) is 0 Å². The van der Waals surface area contributed by atoms with Crippen molar-refractivity contribution in [2.45, 2.75) is 6.23 Å². The van der Waals surface area contributed by atoms with E-state index in [1.54, 1.807) is 30.3 Å². The third-order valence-corrected chi connectivity index (χ3v) is 2.47. The molecule has 0 amide bonds. The first-order valence-electron chi connectivity index (χ1n) is 4.65. The molecule has 0 radical (unpaired) electrons. The Bertz CT molecular complexity index is 496. The van der Waals surface area contributed by atoms with Crippen LogP contribution in [0.4, 0.5) is 0 Å². The van der Waals surface area contributed by atoms with Gasteiger partial charge in [-0.25, -0.2) is 4.98 Å². The minimum atomic E-state index is -1.34. The number of hydrogen-bond donors (Lipinski definition) is 1. The van der Waals surface area contributed by atoms with E-state index in [1.807, 2.05) is 0 Å². The summed E-state index contributed by atoms with van der Waals surface area (Å²) in [5.41, 5.74) is 0.430. The summed E-state index contributed by atoms with van der Waals surface area (Å²) in [5, 5.41) is 10.0. The molecule has 1 atom stereocenters. The van der Waals surface area contributed by atoms with Crippen molar-refractivity contribution in [2.75, 3.05) is 0 Å². The standard InChI is InChI=1S/C11H9ClN2O2/c12-9-6-13-7-14(9)11(16)10(15)8-4-2-1-3-5-8/h1-7,11,16H. The number of aliphatic hydroxyl groups excluding tert-OH is 1. The van der Waals surface area contributed by atoms with Gasteiger partial charge in [-0.05, 0) is 0 Å². The molecule has 0 aliphatic carbocycles. The summed E-state index contributed by atoms with van der Waals surface area (Å²) >= 11 is 5.75. The summed E-state index contributed by atoms with van der Waals surface area (Å²) in [6.45, 7) is 0. The van der Waals surface area contributed by atoms with Crippen LogP contribution in [0.25, 0.3) is 0 Å². The number of halogens is 1. The summed E-state index contributed by atoms with van der Waals surface area (Å²) < 4.78 is 1.21.